The van der Waals surface area contributed by atoms with Crippen molar-refractivity contribution in [2.24, 2.45) is 0 Å². The molecule has 3 rings (SSSR count). The summed E-state index contributed by atoms with van der Waals surface area (Å²) >= 11 is 1.85. The molecular formula is C17H20N2OS. The Hall–Kier alpha value is -1.81. The van der Waals surface area contributed by atoms with Crippen molar-refractivity contribution >= 4 is 28.6 Å². The van der Waals surface area contributed by atoms with Crippen LogP contribution in [0.3, 0.4) is 0 Å². The van der Waals surface area contributed by atoms with Gasteiger partial charge in [0.15, 0.2) is 0 Å². The Morgan fingerprint density at radius 2 is 2.10 bits per heavy atom. The van der Waals surface area contributed by atoms with Crippen LogP contribution in [0.25, 0.3) is 0 Å². The predicted octanol–water partition coefficient (Wildman–Crippen LogP) is 4.05. The summed E-state index contributed by atoms with van der Waals surface area (Å²) in [6.07, 6.45) is 2.73. The zero-order chi connectivity index (χ0) is 14.7. The summed E-state index contributed by atoms with van der Waals surface area (Å²) in [7, 11) is 0. The smallest absolute Gasteiger partial charge is 0.227 e. The van der Waals surface area contributed by atoms with E-state index in [1.165, 1.54) is 9.75 Å². The highest BCUT2D eigenvalue weighted by molar-refractivity contribution is 7.12. The fourth-order valence-corrected chi connectivity index (χ4v) is 3.50. The summed E-state index contributed by atoms with van der Waals surface area (Å²) < 4.78 is 0. The number of amides is 1. The van der Waals surface area contributed by atoms with Crippen molar-refractivity contribution in [3.63, 3.8) is 0 Å². The van der Waals surface area contributed by atoms with Crippen molar-refractivity contribution in [3.05, 3.63) is 46.2 Å². The maximum absolute atomic E-state index is 11.8. The Bertz CT molecular complexity index is 635. The minimum Gasteiger partial charge on any atom is -0.380 e. The number of hydrogen-bond acceptors (Lipinski definition) is 3. The van der Waals surface area contributed by atoms with Crippen LogP contribution >= 0.6 is 11.3 Å². The third-order valence-electron chi connectivity index (χ3n) is 3.76. The lowest BCUT2D eigenvalue weighted by molar-refractivity contribution is -0.117. The van der Waals surface area contributed by atoms with Crippen LogP contribution < -0.4 is 10.2 Å². The van der Waals surface area contributed by atoms with Gasteiger partial charge in [-0.15, -0.1) is 11.3 Å². The Balaban J connectivity index is 1.67. The van der Waals surface area contributed by atoms with E-state index in [0.717, 1.165) is 37.3 Å². The lowest BCUT2D eigenvalue weighted by Gasteiger charge is -2.17. The highest BCUT2D eigenvalue weighted by Crippen LogP contribution is 2.25. The van der Waals surface area contributed by atoms with Crippen molar-refractivity contribution in [2.75, 3.05) is 16.8 Å². The first kappa shape index (κ1) is 14.1. The fourth-order valence-electron chi connectivity index (χ4n) is 2.60. The van der Waals surface area contributed by atoms with Gasteiger partial charge in [0.05, 0.1) is 0 Å². The maximum Gasteiger partial charge on any atom is 0.227 e. The number of thiophene rings is 1. The molecule has 0 unspecified atom stereocenters. The molecule has 0 bridgehead atoms. The van der Waals surface area contributed by atoms with Crippen LogP contribution in [0, 0.1) is 0 Å². The van der Waals surface area contributed by atoms with Gasteiger partial charge in [0.1, 0.15) is 0 Å². The second kappa shape index (κ2) is 6.31. The van der Waals surface area contributed by atoms with Gasteiger partial charge < -0.3 is 10.2 Å². The van der Waals surface area contributed by atoms with Gasteiger partial charge >= 0.3 is 0 Å². The molecule has 0 spiro atoms. The van der Waals surface area contributed by atoms with E-state index in [4.69, 9.17) is 0 Å². The van der Waals surface area contributed by atoms with Crippen LogP contribution in [0.15, 0.2) is 36.4 Å². The molecule has 3 nitrogen and oxygen atoms in total. The van der Waals surface area contributed by atoms with Crippen LogP contribution in [0.1, 0.15) is 29.5 Å². The van der Waals surface area contributed by atoms with Crippen LogP contribution in [0.4, 0.5) is 11.4 Å². The van der Waals surface area contributed by atoms with E-state index in [2.05, 4.69) is 36.5 Å². The molecule has 0 radical (unpaired) electrons. The summed E-state index contributed by atoms with van der Waals surface area (Å²) in [5, 5.41) is 3.45. The maximum atomic E-state index is 11.8. The van der Waals surface area contributed by atoms with Crippen molar-refractivity contribution in [3.8, 4) is 0 Å². The van der Waals surface area contributed by atoms with Crippen LogP contribution in [-0.2, 0) is 17.8 Å². The van der Waals surface area contributed by atoms with Gasteiger partial charge in [-0.3, -0.25) is 4.79 Å². The molecule has 4 heteroatoms. The van der Waals surface area contributed by atoms with E-state index in [-0.39, 0.29) is 5.91 Å². The molecule has 1 fully saturated rings. The number of carbonyl (C=O) groups is 1. The zero-order valence-electron chi connectivity index (χ0n) is 12.3. The first-order valence-electron chi connectivity index (χ1n) is 7.48. The number of carbonyl (C=O) groups excluding carboxylic acids is 1. The minimum absolute atomic E-state index is 0.234. The van der Waals surface area contributed by atoms with Gasteiger partial charge in [-0.05, 0) is 43.2 Å². The van der Waals surface area contributed by atoms with Crippen LogP contribution in [0.2, 0.25) is 0 Å². The number of anilines is 2. The summed E-state index contributed by atoms with van der Waals surface area (Å²) in [6, 6.07) is 12.5. The van der Waals surface area contributed by atoms with Gasteiger partial charge in [-0.2, -0.15) is 0 Å². The molecule has 110 valence electrons. The Morgan fingerprint density at radius 1 is 1.24 bits per heavy atom. The first-order chi connectivity index (χ1) is 10.3. The Labute approximate surface area is 129 Å². The molecule has 2 heterocycles. The summed E-state index contributed by atoms with van der Waals surface area (Å²) in [4.78, 5) is 16.5. The normalized spacial score (nSPS) is 14.7. The molecular weight excluding hydrogens is 280 g/mol. The number of nitrogens with zero attached hydrogens (tertiary/aromatic N) is 1. The lowest BCUT2D eigenvalue weighted by Crippen LogP contribution is -2.23. The number of hydrogen-bond donors (Lipinski definition) is 1. The van der Waals surface area contributed by atoms with Gasteiger partial charge in [0.2, 0.25) is 5.91 Å². The van der Waals surface area contributed by atoms with Crippen LogP contribution in [-0.4, -0.2) is 12.5 Å². The highest BCUT2D eigenvalue weighted by Gasteiger charge is 2.21. The molecule has 1 aliphatic heterocycles. The molecule has 1 aliphatic rings. The molecule has 21 heavy (non-hydrogen) atoms. The van der Waals surface area contributed by atoms with Crippen molar-refractivity contribution in [1.82, 2.24) is 0 Å². The Morgan fingerprint density at radius 3 is 2.81 bits per heavy atom. The van der Waals surface area contributed by atoms with Crippen molar-refractivity contribution in [1.29, 1.82) is 0 Å². The molecule has 2 aromatic rings. The van der Waals surface area contributed by atoms with E-state index in [0.29, 0.717) is 6.42 Å². The molecule has 1 N–H and O–H groups in total. The van der Waals surface area contributed by atoms with E-state index >= 15 is 0 Å². The molecule has 1 aromatic heterocycles. The predicted molar refractivity (Wildman–Crippen MR) is 89.1 cm³/mol. The fraction of sp³-hybridized carbons (Fsp3) is 0.353. The lowest BCUT2D eigenvalue weighted by atomic mass is 10.2. The molecule has 0 aliphatic carbocycles. The zero-order valence-corrected chi connectivity index (χ0v) is 13.1. The topological polar surface area (TPSA) is 32.3 Å². The van der Waals surface area contributed by atoms with Gasteiger partial charge in [0.25, 0.3) is 0 Å². The van der Waals surface area contributed by atoms with Gasteiger partial charge in [0, 0.05) is 40.6 Å². The number of benzene rings is 1. The summed E-state index contributed by atoms with van der Waals surface area (Å²) in [6.45, 7) is 3.86. The average molecular weight is 300 g/mol. The van der Waals surface area contributed by atoms with E-state index < -0.39 is 0 Å². The summed E-state index contributed by atoms with van der Waals surface area (Å²) in [5.41, 5.74) is 2.07. The third-order valence-corrected chi connectivity index (χ3v) is 4.99. The van der Waals surface area contributed by atoms with E-state index in [1.54, 1.807) is 0 Å². The largest absolute Gasteiger partial charge is 0.380 e. The second-order valence-corrected chi connectivity index (χ2v) is 6.53. The third kappa shape index (κ3) is 3.27. The minimum atomic E-state index is 0.234. The average Bonchev–Trinajstić information content (AvgIpc) is 3.14. The summed E-state index contributed by atoms with van der Waals surface area (Å²) in [5.74, 6) is 0.234. The number of rotatable bonds is 5. The molecule has 0 saturated carbocycles. The molecule has 1 aromatic carbocycles. The van der Waals surface area contributed by atoms with Gasteiger partial charge in [-0.25, -0.2) is 0 Å². The van der Waals surface area contributed by atoms with E-state index in [9.17, 15) is 4.79 Å². The first-order valence-corrected chi connectivity index (χ1v) is 8.30. The van der Waals surface area contributed by atoms with Crippen LogP contribution in [0.5, 0.6) is 0 Å². The van der Waals surface area contributed by atoms with E-state index in [1.807, 2.05) is 28.4 Å². The van der Waals surface area contributed by atoms with Crippen molar-refractivity contribution in [2.45, 2.75) is 32.7 Å². The number of nitrogens with one attached hydrogen (secondary N) is 1. The molecule has 0 atom stereocenters. The molecule has 1 saturated heterocycles. The quantitative estimate of drug-likeness (QED) is 0.903. The standard InChI is InChI=1S/C17H20N2OS/c1-2-15-8-9-16(21-15)12-18-13-5-3-6-14(11-13)19-10-4-7-17(19)20/h3,5-6,8-9,11,18H,2,4,7,10,12H2,1H3. The molecule has 1 amide bonds. The number of aryl methyl sites for hydroxylation is 1. The van der Waals surface area contributed by atoms with Crippen molar-refractivity contribution < 1.29 is 4.79 Å². The monoisotopic (exact) mass is 300 g/mol. The van der Waals surface area contributed by atoms with Gasteiger partial charge in [-0.1, -0.05) is 13.0 Å². The Kier molecular flexibility index (Phi) is 4.25. The highest BCUT2D eigenvalue weighted by atomic mass is 32.1. The second-order valence-electron chi connectivity index (χ2n) is 5.27. The SMILES string of the molecule is CCc1ccc(CNc2cccc(N3CCCC3=O)c2)s1.